The van der Waals surface area contributed by atoms with Crippen LogP contribution >= 0.6 is 11.6 Å². The van der Waals surface area contributed by atoms with E-state index in [0.29, 0.717) is 23.7 Å². The van der Waals surface area contributed by atoms with E-state index in [1.165, 1.54) is 0 Å². The normalized spacial score (nSPS) is 18.0. The van der Waals surface area contributed by atoms with Crippen LogP contribution in [0.15, 0.2) is 12.1 Å². The lowest BCUT2D eigenvalue weighted by molar-refractivity contribution is 0.0639. The molecule has 1 aliphatic heterocycles. The number of benzene rings is 1. The van der Waals surface area contributed by atoms with Gasteiger partial charge >= 0.3 is 0 Å². The predicted molar refractivity (Wildman–Crippen MR) is 86.1 cm³/mol. The molecule has 0 aliphatic carbocycles. The maximum Gasteiger partial charge on any atom is 0.124 e. The number of ether oxygens (including phenoxy) is 1. The van der Waals surface area contributed by atoms with Crippen LogP contribution in [0, 0.1) is 18.3 Å². The van der Waals surface area contributed by atoms with Crippen molar-refractivity contribution in [1.29, 1.82) is 5.26 Å². The standard InChI is InChI=1S/C16H22ClN3O2/c1-11-15(3-2-12(8-18)16(11)17)22-14-4-6-20(7-5-14)10-13(21)9-19/h2-3,13-14,21H,4-7,9-10,19H2,1H3. The van der Waals surface area contributed by atoms with Gasteiger partial charge in [0.1, 0.15) is 17.9 Å². The second kappa shape index (κ2) is 7.80. The van der Waals surface area contributed by atoms with Crippen molar-refractivity contribution in [3.05, 3.63) is 28.3 Å². The van der Waals surface area contributed by atoms with Crippen molar-refractivity contribution in [2.75, 3.05) is 26.2 Å². The number of aliphatic hydroxyl groups is 1. The first-order chi connectivity index (χ1) is 10.5. The highest BCUT2D eigenvalue weighted by Gasteiger charge is 2.22. The van der Waals surface area contributed by atoms with E-state index in [-0.39, 0.29) is 6.10 Å². The number of halogens is 1. The monoisotopic (exact) mass is 323 g/mol. The second-order valence-electron chi connectivity index (χ2n) is 5.67. The van der Waals surface area contributed by atoms with E-state index in [9.17, 15) is 5.11 Å². The molecule has 1 unspecified atom stereocenters. The predicted octanol–water partition coefficient (Wildman–Crippen LogP) is 1.68. The van der Waals surface area contributed by atoms with E-state index in [2.05, 4.69) is 11.0 Å². The Hall–Kier alpha value is -1.32. The fourth-order valence-corrected chi connectivity index (χ4v) is 2.84. The van der Waals surface area contributed by atoms with Gasteiger partial charge in [-0.25, -0.2) is 0 Å². The number of likely N-dealkylation sites (tertiary alicyclic amines) is 1. The Labute approximate surface area is 136 Å². The van der Waals surface area contributed by atoms with Crippen LogP contribution in [0.5, 0.6) is 5.75 Å². The molecular weight excluding hydrogens is 302 g/mol. The zero-order valence-electron chi connectivity index (χ0n) is 12.8. The lowest BCUT2D eigenvalue weighted by Gasteiger charge is -2.33. The number of rotatable bonds is 5. The van der Waals surface area contributed by atoms with Crippen molar-refractivity contribution >= 4 is 11.6 Å². The van der Waals surface area contributed by atoms with Crippen molar-refractivity contribution in [1.82, 2.24) is 4.90 Å². The molecule has 0 spiro atoms. The molecule has 0 radical (unpaired) electrons. The number of nitrogens with zero attached hydrogens (tertiary/aromatic N) is 2. The van der Waals surface area contributed by atoms with E-state index in [1.807, 2.05) is 13.0 Å². The molecule has 1 aromatic rings. The van der Waals surface area contributed by atoms with Crippen molar-refractivity contribution in [2.24, 2.45) is 5.73 Å². The zero-order chi connectivity index (χ0) is 16.1. The van der Waals surface area contributed by atoms with E-state index in [1.54, 1.807) is 6.07 Å². The summed E-state index contributed by atoms with van der Waals surface area (Å²) in [5.74, 6) is 0.740. The molecule has 1 aliphatic rings. The van der Waals surface area contributed by atoms with Crippen molar-refractivity contribution in [3.8, 4) is 11.8 Å². The van der Waals surface area contributed by atoms with E-state index >= 15 is 0 Å². The maximum absolute atomic E-state index is 9.59. The Bertz CT molecular complexity index is 551. The average Bonchev–Trinajstić information content (AvgIpc) is 2.53. The van der Waals surface area contributed by atoms with Crippen LogP contribution in [0.4, 0.5) is 0 Å². The van der Waals surface area contributed by atoms with Gasteiger partial charge < -0.3 is 20.5 Å². The molecule has 1 atom stereocenters. The summed E-state index contributed by atoms with van der Waals surface area (Å²) in [6, 6.07) is 5.57. The van der Waals surface area contributed by atoms with Gasteiger partial charge in [0.05, 0.1) is 16.7 Å². The molecule has 22 heavy (non-hydrogen) atoms. The number of nitrogens with two attached hydrogens (primary N) is 1. The molecule has 0 saturated carbocycles. The largest absolute Gasteiger partial charge is 0.490 e. The summed E-state index contributed by atoms with van der Waals surface area (Å²) >= 11 is 6.16. The fraction of sp³-hybridized carbons (Fsp3) is 0.562. The summed E-state index contributed by atoms with van der Waals surface area (Å²) in [6.07, 6.45) is 1.47. The lowest BCUT2D eigenvalue weighted by Crippen LogP contribution is -2.43. The number of aliphatic hydroxyl groups excluding tert-OH is 1. The van der Waals surface area contributed by atoms with Gasteiger partial charge in [-0.15, -0.1) is 0 Å². The molecule has 2 rings (SSSR count). The van der Waals surface area contributed by atoms with Crippen molar-refractivity contribution in [2.45, 2.75) is 32.0 Å². The topological polar surface area (TPSA) is 82.5 Å². The SMILES string of the molecule is Cc1c(OC2CCN(CC(O)CN)CC2)ccc(C#N)c1Cl. The highest BCUT2D eigenvalue weighted by atomic mass is 35.5. The first-order valence-electron chi connectivity index (χ1n) is 7.51. The maximum atomic E-state index is 9.59. The third-order valence-corrected chi connectivity index (χ3v) is 4.51. The van der Waals surface area contributed by atoms with Crippen LogP contribution in [0.25, 0.3) is 0 Å². The minimum Gasteiger partial charge on any atom is -0.490 e. The van der Waals surface area contributed by atoms with Crippen LogP contribution in [0.3, 0.4) is 0 Å². The van der Waals surface area contributed by atoms with Gasteiger partial charge in [0.25, 0.3) is 0 Å². The van der Waals surface area contributed by atoms with Crippen LogP contribution in [0.1, 0.15) is 24.0 Å². The van der Waals surface area contributed by atoms with Crippen molar-refractivity contribution < 1.29 is 9.84 Å². The van der Waals surface area contributed by atoms with Gasteiger partial charge in [-0.1, -0.05) is 11.6 Å². The van der Waals surface area contributed by atoms with Crippen molar-refractivity contribution in [3.63, 3.8) is 0 Å². The molecule has 5 nitrogen and oxygen atoms in total. The molecule has 6 heteroatoms. The fourth-order valence-electron chi connectivity index (χ4n) is 2.64. The lowest BCUT2D eigenvalue weighted by atomic mass is 10.1. The minimum absolute atomic E-state index is 0.133. The van der Waals surface area contributed by atoms with Crippen LogP contribution in [-0.4, -0.2) is 48.4 Å². The van der Waals surface area contributed by atoms with Crippen LogP contribution in [0.2, 0.25) is 5.02 Å². The molecular formula is C16H22ClN3O2. The first kappa shape index (κ1) is 17.0. The number of hydrogen-bond acceptors (Lipinski definition) is 5. The van der Waals surface area contributed by atoms with E-state index in [0.717, 1.165) is 37.2 Å². The molecule has 0 aromatic heterocycles. The van der Waals surface area contributed by atoms with Gasteiger partial charge in [-0.3, -0.25) is 0 Å². The Balaban J connectivity index is 1.92. The second-order valence-corrected chi connectivity index (χ2v) is 6.05. The Morgan fingerprint density at radius 3 is 2.77 bits per heavy atom. The minimum atomic E-state index is -0.461. The Morgan fingerprint density at radius 2 is 2.18 bits per heavy atom. The average molecular weight is 324 g/mol. The smallest absolute Gasteiger partial charge is 0.124 e. The van der Waals surface area contributed by atoms with Gasteiger partial charge in [0.15, 0.2) is 0 Å². The highest BCUT2D eigenvalue weighted by molar-refractivity contribution is 6.32. The van der Waals surface area contributed by atoms with Crippen LogP contribution in [-0.2, 0) is 0 Å². The first-order valence-corrected chi connectivity index (χ1v) is 7.89. The van der Waals surface area contributed by atoms with Crippen LogP contribution < -0.4 is 10.5 Å². The third kappa shape index (κ3) is 4.11. The molecule has 1 heterocycles. The molecule has 3 N–H and O–H groups in total. The van der Waals surface area contributed by atoms with Gasteiger partial charge in [0, 0.05) is 31.7 Å². The zero-order valence-corrected chi connectivity index (χ0v) is 13.5. The molecule has 0 bridgehead atoms. The van der Waals surface area contributed by atoms with E-state index in [4.69, 9.17) is 27.3 Å². The molecule has 1 aromatic carbocycles. The summed E-state index contributed by atoms with van der Waals surface area (Å²) in [7, 11) is 0. The highest BCUT2D eigenvalue weighted by Crippen LogP contribution is 2.30. The number of piperidine rings is 1. The van der Waals surface area contributed by atoms with Gasteiger partial charge in [-0.05, 0) is 31.9 Å². The Kier molecular flexibility index (Phi) is 6.04. The number of hydrogen-bond donors (Lipinski definition) is 2. The summed E-state index contributed by atoms with van der Waals surface area (Å²) < 4.78 is 6.04. The number of β-amino-alcohol motifs (C(OH)–C–C–N with tert-alkyl or cyclic N) is 1. The Morgan fingerprint density at radius 1 is 1.50 bits per heavy atom. The molecule has 1 saturated heterocycles. The number of nitriles is 1. The summed E-state index contributed by atoms with van der Waals surface area (Å²) in [4.78, 5) is 2.20. The summed E-state index contributed by atoms with van der Waals surface area (Å²) in [5.41, 5.74) is 6.71. The van der Waals surface area contributed by atoms with Gasteiger partial charge in [0.2, 0.25) is 0 Å². The molecule has 120 valence electrons. The van der Waals surface area contributed by atoms with E-state index < -0.39 is 6.10 Å². The molecule has 1 fully saturated rings. The van der Waals surface area contributed by atoms with Gasteiger partial charge in [-0.2, -0.15) is 5.26 Å². The third-order valence-electron chi connectivity index (χ3n) is 4.03. The quantitative estimate of drug-likeness (QED) is 0.861. The summed E-state index contributed by atoms with van der Waals surface area (Å²) in [6.45, 7) is 4.53. The molecule has 0 amide bonds. The summed E-state index contributed by atoms with van der Waals surface area (Å²) in [5, 5.41) is 19.0.